The van der Waals surface area contributed by atoms with Crippen molar-refractivity contribution in [2.24, 2.45) is 0 Å². The van der Waals surface area contributed by atoms with Gasteiger partial charge in [-0.1, -0.05) is 6.07 Å². The summed E-state index contributed by atoms with van der Waals surface area (Å²) in [5.41, 5.74) is 9.17. The van der Waals surface area contributed by atoms with Gasteiger partial charge in [-0.2, -0.15) is 5.10 Å². The summed E-state index contributed by atoms with van der Waals surface area (Å²) in [6.45, 7) is 3.48. The summed E-state index contributed by atoms with van der Waals surface area (Å²) < 4.78 is 15.0. The number of hydrogen-bond donors (Lipinski definition) is 2. The van der Waals surface area contributed by atoms with Gasteiger partial charge in [-0.25, -0.2) is 9.07 Å². The number of nitrogens with zero attached hydrogens (tertiary/aromatic N) is 2. The van der Waals surface area contributed by atoms with E-state index in [1.54, 1.807) is 19.1 Å². The molecule has 0 spiro atoms. The standard InChI is InChI=1S/C22H21FN4O2/c1-12-3-4-15(22(29)26-16-6-7-16)10-19(12)27-21(24)17(11-25-27)20(28)14-5-8-18(23)13(2)9-14/h3-5,8-11,16H,6-7,24H2,1-2H3,(H,26,29). The fraction of sp³-hybridized carbons (Fsp3) is 0.227. The van der Waals surface area contributed by atoms with Crippen molar-refractivity contribution in [2.75, 3.05) is 5.73 Å². The highest BCUT2D eigenvalue weighted by Crippen LogP contribution is 2.25. The van der Waals surface area contributed by atoms with E-state index in [1.165, 1.54) is 29.1 Å². The molecule has 0 unspecified atom stereocenters. The van der Waals surface area contributed by atoms with Crippen LogP contribution >= 0.6 is 0 Å². The molecule has 29 heavy (non-hydrogen) atoms. The van der Waals surface area contributed by atoms with E-state index in [4.69, 9.17) is 5.73 Å². The summed E-state index contributed by atoms with van der Waals surface area (Å²) in [6.07, 6.45) is 3.41. The van der Waals surface area contributed by atoms with Crippen LogP contribution in [0.15, 0.2) is 42.6 Å². The average molecular weight is 392 g/mol. The van der Waals surface area contributed by atoms with E-state index in [0.717, 1.165) is 18.4 Å². The Kier molecular flexibility index (Phi) is 4.66. The first kappa shape index (κ1) is 18.9. The lowest BCUT2D eigenvalue weighted by Gasteiger charge is -2.11. The fourth-order valence-electron chi connectivity index (χ4n) is 3.14. The summed E-state index contributed by atoms with van der Waals surface area (Å²) >= 11 is 0. The van der Waals surface area contributed by atoms with E-state index < -0.39 is 0 Å². The quantitative estimate of drug-likeness (QED) is 0.652. The van der Waals surface area contributed by atoms with Gasteiger partial charge in [0.2, 0.25) is 0 Å². The number of aryl methyl sites for hydroxylation is 2. The number of nitrogens with two attached hydrogens (primary N) is 1. The number of nitrogen functional groups attached to an aromatic ring is 1. The van der Waals surface area contributed by atoms with Crippen LogP contribution in [0.2, 0.25) is 0 Å². The first-order chi connectivity index (χ1) is 13.8. The van der Waals surface area contributed by atoms with Gasteiger partial charge in [0.05, 0.1) is 17.4 Å². The van der Waals surface area contributed by atoms with E-state index in [0.29, 0.717) is 22.4 Å². The molecular formula is C22H21FN4O2. The van der Waals surface area contributed by atoms with Crippen molar-refractivity contribution in [3.05, 3.63) is 76.2 Å². The number of ketones is 1. The molecule has 1 aromatic heterocycles. The predicted octanol–water partition coefficient (Wildman–Crippen LogP) is 3.33. The molecule has 0 atom stereocenters. The zero-order valence-corrected chi connectivity index (χ0v) is 16.2. The van der Waals surface area contributed by atoms with Gasteiger partial charge >= 0.3 is 0 Å². The maximum absolute atomic E-state index is 13.5. The van der Waals surface area contributed by atoms with Gasteiger partial charge < -0.3 is 11.1 Å². The maximum Gasteiger partial charge on any atom is 0.251 e. The van der Waals surface area contributed by atoms with Crippen molar-refractivity contribution in [1.29, 1.82) is 0 Å². The normalized spacial score (nSPS) is 13.3. The van der Waals surface area contributed by atoms with E-state index >= 15 is 0 Å². The number of rotatable bonds is 5. The summed E-state index contributed by atoms with van der Waals surface area (Å²) in [7, 11) is 0. The van der Waals surface area contributed by atoms with Crippen LogP contribution in [0.5, 0.6) is 0 Å². The average Bonchev–Trinajstić information content (AvgIpc) is 3.43. The SMILES string of the molecule is Cc1cc(C(=O)c2cnn(-c3cc(C(=O)NC4CC4)ccc3C)c2N)ccc1F. The van der Waals surface area contributed by atoms with Gasteiger partial charge in [0, 0.05) is 17.2 Å². The Morgan fingerprint density at radius 3 is 2.52 bits per heavy atom. The topological polar surface area (TPSA) is 90.0 Å². The Balaban J connectivity index is 1.68. The predicted molar refractivity (Wildman–Crippen MR) is 108 cm³/mol. The molecule has 1 aliphatic carbocycles. The van der Waals surface area contributed by atoms with E-state index in [9.17, 15) is 14.0 Å². The summed E-state index contributed by atoms with van der Waals surface area (Å²) in [5, 5.41) is 7.23. The van der Waals surface area contributed by atoms with Crippen molar-refractivity contribution < 1.29 is 14.0 Å². The molecule has 0 aliphatic heterocycles. The van der Waals surface area contributed by atoms with Crippen LogP contribution < -0.4 is 11.1 Å². The largest absolute Gasteiger partial charge is 0.383 e. The van der Waals surface area contributed by atoms with Gasteiger partial charge in [0.15, 0.2) is 5.78 Å². The zero-order valence-electron chi connectivity index (χ0n) is 16.2. The second kappa shape index (κ2) is 7.16. The molecule has 3 aromatic rings. The van der Waals surface area contributed by atoms with Crippen molar-refractivity contribution in [3.63, 3.8) is 0 Å². The molecule has 3 N–H and O–H groups in total. The highest BCUT2D eigenvalue weighted by atomic mass is 19.1. The molecule has 4 rings (SSSR count). The van der Waals surface area contributed by atoms with Crippen LogP contribution in [0.3, 0.4) is 0 Å². The first-order valence-corrected chi connectivity index (χ1v) is 9.41. The zero-order chi connectivity index (χ0) is 20.7. The molecule has 0 saturated heterocycles. The number of benzene rings is 2. The van der Waals surface area contributed by atoms with Crippen LogP contribution in [0.1, 0.15) is 50.2 Å². The molecule has 0 radical (unpaired) electrons. The number of carbonyl (C=O) groups excluding carboxylic acids is 2. The van der Waals surface area contributed by atoms with Crippen LogP contribution in [-0.2, 0) is 0 Å². The lowest BCUT2D eigenvalue weighted by molar-refractivity contribution is 0.0950. The number of carbonyl (C=O) groups is 2. The number of anilines is 1. The summed E-state index contributed by atoms with van der Waals surface area (Å²) in [6, 6.07) is 9.72. The number of nitrogens with one attached hydrogen (secondary N) is 1. The van der Waals surface area contributed by atoms with Gasteiger partial charge in [-0.3, -0.25) is 9.59 Å². The molecule has 1 fully saturated rings. The summed E-state index contributed by atoms with van der Waals surface area (Å²) in [5.74, 6) is -0.684. The van der Waals surface area contributed by atoms with Crippen LogP contribution in [0, 0.1) is 19.7 Å². The highest BCUT2D eigenvalue weighted by Gasteiger charge is 2.24. The molecule has 1 amide bonds. The molecule has 1 saturated carbocycles. The first-order valence-electron chi connectivity index (χ1n) is 9.41. The van der Waals surface area contributed by atoms with Crippen LogP contribution in [-0.4, -0.2) is 27.5 Å². The smallest absolute Gasteiger partial charge is 0.251 e. The Morgan fingerprint density at radius 2 is 1.83 bits per heavy atom. The van der Waals surface area contributed by atoms with Gasteiger partial charge in [-0.05, 0) is 68.1 Å². The van der Waals surface area contributed by atoms with Crippen molar-refractivity contribution in [1.82, 2.24) is 15.1 Å². The van der Waals surface area contributed by atoms with Gasteiger partial charge in [-0.15, -0.1) is 0 Å². The number of halogens is 1. The maximum atomic E-state index is 13.5. The third-order valence-electron chi connectivity index (χ3n) is 5.08. The van der Waals surface area contributed by atoms with E-state index in [1.807, 2.05) is 13.0 Å². The molecule has 1 aliphatic rings. The molecule has 148 valence electrons. The molecule has 0 bridgehead atoms. The van der Waals surface area contributed by atoms with E-state index in [2.05, 4.69) is 10.4 Å². The second-order valence-corrected chi connectivity index (χ2v) is 7.40. The van der Waals surface area contributed by atoms with Crippen LogP contribution in [0.4, 0.5) is 10.2 Å². The monoisotopic (exact) mass is 392 g/mol. The minimum Gasteiger partial charge on any atom is -0.383 e. The Morgan fingerprint density at radius 1 is 1.10 bits per heavy atom. The highest BCUT2D eigenvalue weighted by molar-refractivity contribution is 6.11. The fourth-order valence-corrected chi connectivity index (χ4v) is 3.14. The van der Waals surface area contributed by atoms with E-state index in [-0.39, 0.29) is 34.9 Å². The summed E-state index contributed by atoms with van der Waals surface area (Å²) in [4.78, 5) is 25.2. The lowest BCUT2D eigenvalue weighted by atomic mass is 10.0. The Hall–Kier alpha value is -3.48. The van der Waals surface area contributed by atoms with Crippen LogP contribution in [0.25, 0.3) is 5.69 Å². The molecule has 2 aromatic carbocycles. The molecule has 1 heterocycles. The molecule has 6 nitrogen and oxygen atoms in total. The number of amides is 1. The number of hydrogen-bond acceptors (Lipinski definition) is 4. The molecule has 7 heteroatoms. The Bertz CT molecular complexity index is 1130. The second-order valence-electron chi connectivity index (χ2n) is 7.40. The Labute approximate surface area is 167 Å². The number of aromatic nitrogens is 2. The van der Waals surface area contributed by atoms with Crippen molar-refractivity contribution in [3.8, 4) is 5.69 Å². The van der Waals surface area contributed by atoms with Gasteiger partial charge in [0.25, 0.3) is 5.91 Å². The third-order valence-corrected chi connectivity index (χ3v) is 5.08. The van der Waals surface area contributed by atoms with Crippen molar-refractivity contribution in [2.45, 2.75) is 32.7 Å². The minimum absolute atomic E-state index is 0.141. The minimum atomic E-state index is -0.373. The lowest BCUT2D eigenvalue weighted by Crippen LogP contribution is -2.25. The van der Waals surface area contributed by atoms with Crippen molar-refractivity contribution >= 4 is 17.5 Å². The van der Waals surface area contributed by atoms with Gasteiger partial charge in [0.1, 0.15) is 11.6 Å². The molecular weight excluding hydrogens is 371 g/mol. The third kappa shape index (κ3) is 3.63.